The van der Waals surface area contributed by atoms with Gasteiger partial charge in [0.15, 0.2) is 11.5 Å². The van der Waals surface area contributed by atoms with Crippen LogP contribution in [0.5, 0.6) is 11.5 Å². The first-order valence-electron chi connectivity index (χ1n) is 9.03. The van der Waals surface area contributed by atoms with Crippen LogP contribution in [0.3, 0.4) is 0 Å². The van der Waals surface area contributed by atoms with Gasteiger partial charge in [0.2, 0.25) is 0 Å². The molecule has 0 fully saturated rings. The molecular weight excluding hydrogens is 368 g/mol. The van der Waals surface area contributed by atoms with E-state index in [1.165, 1.54) is 6.20 Å². The predicted molar refractivity (Wildman–Crippen MR) is 112 cm³/mol. The van der Waals surface area contributed by atoms with Gasteiger partial charge in [0.25, 0.3) is 5.91 Å². The molecule has 7 nitrogen and oxygen atoms in total. The minimum Gasteiger partial charge on any atom is -0.493 e. The Kier molecular flexibility index (Phi) is 4.87. The highest BCUT2D eigenvalue weighted by Gasteiger charge is 2.13. The second-order valence-electron chi connectivity index (χ2n) is 6.54. The van der Waals surface area contributed by atoms with Gasteiger partial charge in [-0.05, 0) is 30.7 Å². The van der Waals surface area contributed by atoms with Crippen molar-refractivity contribution in [2.45, 2.75) is 6.92 Å². The van der Waals surface area contributed by atoms with E-state index >= 15 is 0 Å². The average Bonchev–Trinajstić information content (AvgIpc) is 3.17. The quantitative estimate of drug-likeness (QED) is 0.535. The third-order valence-corrected chi connectivity index (χ3v) is 4.67. The molecule has 0 radical (unpaired) electrons. The molecule has 0 spiro atoms. The van der Waals surface area contributed by atoms with Gasteiger partial charge in [-0.25, -0.2) is 4.98 Å². The first-order chi connectivity index (χ1) is 14.1. The van der Waals surface area contributed by atoms with Gasteiger partial charge in [-0.3, -0.25) is 9.78 Å². The normalized spacial score (nSPS) is 10.7. The van der Waals surface area contributed by atoms with Crippen LogP contribution in [0.25, 0.3) is 22.4 Å². The molecular formula is C22H20N4O3. The summed E-state index contributed by atoms with van der Waals surface area (Å²) in [6.45, 7) is 1.94. The Hall–Kier alpha value is -3.87. The van der Waals surface area contributed by atoms with E-state index in [1.54, 1.807) is 32.5 Å². The van der Waals surface area contributed by atoms with E-state index in [0.29, 0.717) is 28.6 Å². The van der Waals surface area contributed by atoms with Crippen molar-refractivity contribution in [2.24, 2.45) is 0 Å². The first-order valence-corrected chi connectivity index (χ1v) is 9.03. The number of aromatic nitrogens is 3. The number of hydrogen-bond acceptors (Lipinski definition) is 5. The number of methoxy groups -OCH3 is 2. The topological polar surface area (TPSA) is 89.1 Å². The van der Waals surface area contributed by atoms with Crippen LogP contribution in [-0.4, -0.2) is 35.1 Å². The van der Waals surface area contributed by atoms with Gasteiger partial charge in [-0.1, -0.05) is 12.1 Å². The Balaban J connectivity index is 1.69. The van der Waals surface area contributed by atoms with E-state index in [9.17, 15) is 4.79 Å². The first kappa shape index (κ1) is 18.5. The summed E-state index contributed by atoms with van der Waals surface area (Å²) in [6.07, 6.45) is 3.17. The highest BCUT2D eigenvalue weighted by molar-refractivity contribution is 6.04. The summed E-state index contributed by atoms with van der Waals surface area (Å²) in [7, 11) is 3.19. The van der Waals surface area contributed by atoms with Crippen LogP contribution in [0.4, 0.5) is 5.69 Å². The number of rotatable bonds is 5. The fourth-order valence-electron chi connectivity index (χ4n) is 3.07. The monoisotopic (exact) mass is 388 g/mol. The zero-order valence-corrected chi connectivity index (χ0v) is 16.3. The van der Waals surface area contributed by atoms with Gasteiger partial charge < -0.3 is 19.8 Å². The molecule has 2 aromatic heterocycles. The zero-order valence-electron chi connectivity index (χ0n) is 16.3. The summed E-state index contributed by atoms with van der Waals surface area (Å²) in [4.78, 5) is 24.4. The lowest BCUT2D eigenvalue weighted by Crippen LogP contribution is -2.13. The lowest BCUT2D eigenvalue weighted by molar-refractivity contribution is 0.102. The number of amides is 1. The Bertz CT molecular complexity index is 1140. The Morgan fingerprint density at radius 2 is 1.86 bits per heavy atom. The Labute approximate surface area is 167 Å². The number of anilines is 1. The Morgan fingerprint density at radius 3 is 2.59 bits per heavy atom. The molecule has 1 amide bonds. The molecule has 0 saturated carbocycles. The van der Waals surface area contributed by atoms with E-state index < -0.39 is 0 Å². The number of hydrogen-bond donors (Lipinski definition) is 2. The number of carbonyl (C=O) groups excluding carboxylic acids is 1. The number of nitrogens with one attached hydrogen (secondary N) is 2. The van der Waals surface area contributed by atoms with Gasteiger partial charge in [-0.15, -0.1) is 0 Å². The van der Waals surface area contributed by atoms with E-state index in [0.717, 1.165) is 22.2 Å². The largest absolute Gasteiger partial charge is 0.493 e. The van der Waals surface area contributed by atoms with Crippen molar-refractivity contribution in [2.75, 3.05) is 19.5 Å². The van der Waals surface area contributed by atoms with Crippen LogP contribution in [-0.2, 0) is 0 Å². The average molecular weight is 388 g/mol. The highest BCUT2D eigenvalue weighted by atomic mass is 16.5. The van der Waals surface area contributed by atoms with Crippen LogP contribution in [0.15, 0.2) is 54.9 Å². The van der Waals surface area contributed by atoms with E-state index in [1.807, 2.05) is 37.3 Å². The molecule has 4 rings (SSSR count). The number of pyridine rings is 1. The number of nitrogens with zero attached hydrogens (tertiary/aromatic N) is 2. The van der Waals surface area contributed by atoms with Crippen LogP contribution >= 0.6 is 0 Å². The second-order valence-corrected chi connectivity index (χ2v) is 6.54. The maximum atomic E-state index is 12.5. The number of aromatic amines is 1. The molecule has 146 valence electrons. The van der Waals surface area contributed by atoms with E-state index in [2.05, 4.69) is 20.3 Å². The maximum Gasteiger partial charge on any atom is 0.257 e. The summed E-state index contributed by atoms with van der Waals surface area (Å²) in [5.74, 6) is 1.72. The standard InChI is InChI=1S/C22H20N4O3/c1-13-6-7-14(9-16(13)26-22(27)15-5-4-8-23-12-15)21-24-17-10-19(28-2)20(29-3)11-18(17)25-21/h4-12H,1-3H3,(H,24,25)(H,26,27). The smallest absolute Gasteiger partial charge is 0.257 e. The van der Waals surface area contributed by atoms with Gasteiger partial charge in [0.05, 0.1) is 30.8 Å². The lowest BCUT2D eigenvalue weighted by atomic mass is 10.1. The fraction of sp³-hybridized carbons (Fsp3) is 0.136. The number of benzene rings is 2. The minimum atomic E-state index is -0.211. The van der Waals surface area contributed by atoms with Crippen molar-refractivity contribution < 1.29 is 14.3 Å². The molecule has 0 aliphatic rings. The molecule has 0 saturated heterocycles. The van der Waals surface area contributed by atoms with Crippen molar-refractivity contribution in [3.63, 3.8) is 0 Å². The molecule has 29 heavy (non-hydrogen) atoms. The summed E-state index contributed by atoms with van der Waals surface area (Å²) in [5.41, 5.74) is 4.61. The number of aryl methyl sites for hydroxylation is 1. The van der Waals surface area contributed by atoms with Crippen molar-refractivity contribution in [1.82, 2.24) is 15.0 Å². The number of carbonyl (C=O) groups is 1. The number of ether oxygens (including phenoxy) is 2. The Morgan fingerprint density at radius 1 is 1.07 bits per heavy atom. The number of H-pyrrole nitrogens is 1. The fourth-order valence-corrected chi connectivity index (χ4v) is 3.07. The van der Waals surface area contributed by atoms with Crippen LogP contribution in [0.1, 0.15) is 15.9 Å². The van der Waals surface area contributed by atoms with Crippen molar-refractivity contribution >= 4 is 22.6 Å². The zero-order chi connectivity index (χ0) is 20.4. The molecule has 2 aromatic carbocycles. The van der Waals surface area contributed by atoms with Crippen LogP contribution in [0.2, 0.25) is 0 Å². The SMILES string of the molecule is COc1cc2nc(-c3ccc(C)c(NC(=O)c4cccnc4)c3)[nH]c2cc1OC. The molecule has 7 heteroatoms. The third-order valence-electron chi connectivity index (χ3n) is 4.67. The summed E-state index contributed by atoms with van der Waals surface area (Å²) in [5, 5.41) is 2.95. The molecule has 4 aromatic rings. The predicted octanol–water partition coefficient (Wildman–Crippen LogP) is 4.20. The second kappa shape index (κ2) is 7.63. The van der Waals surface area contributed by atoms with Gasteiger partial charge in [0.1, 0.15) is 5.82 Å². The van der Waals surface area contributed by atoms with Gasteiger partial charge >= 0.3 is 0 Å². The molecule has 2 heterocycles. The van der Waals surface area contributed by atoms with Gasteiger partial charge in [-0.2, -0.15) is 0 Å². The highest BCUT2D eigenvalue weighted by Crippen LogP contribution is 2.33. The van der Waals surface area contributed by atoms with Gasteiger partial charge in [0, 0.05) is 35.8 Å². The summed E-state index contributed by atoms with van der Waals surface area (Å²) < 4.78 is 10.7. The molecule has 2 N–H and O–H groups in total. The molecule has 0 unspecified atom stereocenters. The third kappa shape index (κ3) is 3.62. The molecule has 0 aliphatic heterocycles. The van der Waals surface area contributed by atoms with Crippen molar-refractivity contribution in [3.8, 4) is 22.9 Å². The number of fused-ring (bicyclic) bond motifs is 1. The lowest BCUT2D eigenvalue weighted by Gasteiger charge is -2.10. The van der Waals surface area contributed by atoms with E-state index in [4.69, 9.17) is 9.47 Å². The molecule has 0 bridgehead atoms. The van der Waals surface area contributed by atoms with Crippen LogP contribution < -0.4 is 14.8 Å². The summed E-state index contributed by atoms with van der Waals surface area (Å²) in [6, 6.07) is 12.9. The maximum absolute atomic E-state index is 12.5. The minimum absolute atomic E-state index is 0.211. The van der Waals surface area contributed by atoms with E-state index in [-0.39, 0.29) is 5.91 Å². The van der Waals surface area contributed by atoms with Crippen molar-refractivity contribution in [3.05, 3.63) is 66.0 Å². The summed E-state index contributed by atoms with van der Waals surface area (Å²) >= 11 is 0. The molecule has 0 aliphatic carbocycles. The van der Waals surface area contributed by atoms with Crippen molar-refractivity contribution in [1.29, 1.82) is 0 Å². The van der Waals surface area contributed by atoms with Crippen LogP contribution in [0, 0.1) is 6.92 Å². The molecule has 0 atom stereocenters. The number of imidazole rings is 1.